The maximum absolute atomic E-state index is 13.3. The normalized spacial score (nSPS) is 15.6. The summed E-state index contributed by atoms with van der Waals surface area (Å²) >= 11 is 0. The molecule has 11 heteroatoms. The molecule has 3 rings (SSSR count). The summed E-state index contributed by atoms with van der Waals surface area (Å²) in [4.78, 5) is 16.6. The fourth-order valence-corrected chi connectivity index (χ4v) is 3.68. The van der Waals surface area contributed by atoms with Crippen molar-refractivity contribution in [1.29, 1.82) is 0 Å². The second kappa shape index (κ2) is 10.2. The maximum atomic E-state index is 13.3. The van der Waals surface area contributed by atoms with Crippen molar-refractivity contribution in [3.8, 4) is 0 Å². The van der Waals surface area contributed by atoms with Crippen molar-refractivity contribution < 1.29 is 35.9 Å². The fourth-order valence-electron chi connectivity index (χ4n) is 3.68. The molecule has 0 atom stereocenters. The van der Waals surface area contributed by atoms with E-state index in [1.54, 1.807) is 29.9 Å². The molecular weight excluding hydrogens is 452 g/mol. The van der Waals surface area contributed by atoms with Gasteiger partial charge in [0.2, 0.25) is 0 Å². The summed E-state index contributed by atoms with van der Waals surface area (Å²) in [7, 11) is 1.75. The van der Waals surface area contributed by atoms with Crippen molar-refractivity contribution >= 4 is 5.91 Å². The van der Waals surface area contributed by atoms with E-state index in [0.29, 0.717) is 44.0 Å². The first-order valence-electron chi connectivity index (χ1n) is 10.4. The van der Waals surface area contributed by atoms with E-state index < -0.39 is 35.0 Å². The number of morpholine rings is 1. The Morgan fingerprint density at radius 2 is 1.64 bits per heavy atom. The van der Waals surface area contributed by atoms with E-state index in [0.717, 1.165) is 13.1 Å². The zero-order valence-electron chi connectivity index (χ0n) is 18.0. The van der Waals surface area contributed by atoms with Crippen molar-refractivity contribution in [2.45, 2.75) is 25.3 Å². The average Bonchev–Trinajstić information content (AvgIpc) is 3.16. The van der Waals surface area contributed by atoms with Gasteiger partial charge in [0.1, 0.15) is 0 Å². The molecule has 0 spiro atoms. The van der Waals surface area contributed by atoms with Crippen LogP contribution in [-0.4, -0.2) is 59.7 Å². The minimum Gasteiger partial charge on any atom is -0.379 e. The van der Waals surface area contributed by atoms with Crippen molar-refractivity contribution in [1.82, 2.24) is 14.4 Å². The molecule has 0 N–H and O–H groups in total. The number of carbonyl (C=O) groups is 1. The monoisotopic (exact) mass is 477 g/mol. The molecule has 0 saturated carbocycles. The lowest BCUT2D eigenvalue weighted by atomic mass is 10.0. The van der Waals surface area contributed by atoms with E-state index in [1.165, 1.54) is 4.90 Å². The summed E-state index contributed by atoms with van der Waals surface area (Å²) in [6, 6.07) is 4.49. The summed E-state index contributed by atoms with van der Waals surface area (Å²) in [5, 5.41) is 0. The van der Waals surface area contributed by atoms with Crippen LogP contribution in [0.5, 0.6) is 0 Å². The van der Waals surface area contributed by atoms with Gasteiger partial charge in [-0.3, -0.25) is 9.69 Å². The number of ether oxygens (including phenoxy) is 1. The van der Waals surface area contributed by atoms with Crippen LogP contribution >= 0.6 is 0 Å². The summed E-state index contributed by atoms with van der Waals surface area (Å²) in [5.74, 6) is -0.880. The molecule has 0 radical (unpaired) electrons. The van der Waals surface area contributed by atoms with Gasteiger partial charge in [-0.15, -0.1) is 0 Å². The van der Waals surface area contributed by atoms with Crippen LogP contribution in [0.2, 0.25) is 0 Å². The molecule has 33 heavy (non-hydrogen) atoms. The highest BCUT2D eigenvalue weighted by Gasteiger charge is 2.38. The van der Waals surface area contributed by atoms with Gasteiger partial charge in [-0.05, 0) is 36.8 Å². The van der Waals surface area contributed by atoms with Crippen LogP contribution in [0, 0.1) is 0 Å². The SMILES string of the molecule is Cn1cccc1CN(CCCN1CCOCC1)C(=O)c1cc(C(F)(F)F)cc(C(F)(F)F)c1. The van der Waals surface area contributed by atoms with E-state index in [9.17, 15) is 31.1 Å². The largest absolute Gasteiger partial charge is 0.416 e. The van der Waals surface area contributed by atoms with E-state index in [-0.39, 0.29) is 19.2 Å². The third-order valence-electron chi connectivity index (χ3n) is 5.53. The maximum Gasteiger partial charge on any atom is 0.416 e. The summed E-state index contributed by atoms with van der Waals surface area (Å²) in [6.07, 6.45) is -7.77. The Morgan fingerprint density at radius 3 is 2.15 bits per heavy atom. The lowest BCUT2D eigenvalue weighted by Gasteiger charge is -2.28. The number of aromatic nitrogens is 1. The quantitative estimate of drug-likeness (QED) is 0.554. The number of alkyl halides is 6. The highest BCUT2D eigenvalue weighted by Crippen LogP contribution is 2.36. The topological polar surface area (TPSA) is 37.7 Å². The van der Waals surface area contributed by atoms with Crippen LogP contribution in [-0.2, 0) is 30.7 Å². The van der Waals surface area contributed by atoms with Crippen LogP contribution in [0.4, 0.5) is 26.3 Å². The Balaban J connectivity index is 1.86. The van der Waals surface area contributed by atoms with Crippen LogP contribution in [0.1, 0.15) is 33.6 Å². The molecule has 1 aromatic heterocycles. The number of rotatable bonds is 7. The molecule has 0 unspecified atom stereocenters. The number of hydrogen-bond donors (Lipinski definition) is 0. The van der Waals surface area contributed by atoms with Crippen molar-refractivity contribution in [2.75, 3.05) is 39.4 Å². The third-order valence-corrected chi connectivity index (χ3v) is 5.53. The smallest absolute Gasteiger partial charge is 0.379 e. The molecule has 1 aliphatic rings. The number of benzene rings is 1. The highest BCUT2D eigenvalue weighted by atomic mass is 19.4. The molecule has 5 nitrogen and oxygen atoms in total. The Bertz CT molecular complexity index is 916. The molecule has 1 amide bonds. The third kappa shape index (κ3) is 6.73. The van der Waals surface area contributed by atoms with Gasteiger partial charge < -0.3 is 14.2 Å². The lowest BCUT2D eigenvalue weighted by Crippen LogP contribution is -2.39. The summed E-state index contributed by atoms with van der Waals surface area (Å²) in [6.45, 7) is 3.52. The number of nitrogens with zero attached hydrogens (tertiary/aromatic N) is 3. The Morgan fingerprint density at radius 1 is 1.03 bits per heavy atom. The summed E-state index contributed by atoms with van der Waals surface area (Å²) in [5.41, 5.74) is -2.95. The van der Waals surface area contributed by atoms with Gasteiger partial charge in [-0.1, -0.05) is 0 Å². The minimum absolute atomic E-state index is 0.0245. The first-order valence-corrected chi connectivity index (χ1v) is 10.4. The number of hydrogen-bond acceptors (Lipinski definition) is 3. The number of amides is 1. The standard InChI is InChI=1S/C22H25F6N3O2/c1-29-5-2-4-19(29)15-31(7-3-6-30-8-10-33-11-9-30)20(32)16-12-17(21(23,24)25)14-18(13-16)22(26,27)28/h2,4-5,12-14H,3,6-11,15H2,1H3. The van der Waals surface area contributed by atoms with Crippen molar-refractivity contribution in [3.63, 3.8) is 0 Å². The van der Waals surface area contributed by atoms with Gasteiger partial charge >= 0.3 is 12.4 Å². The van der Waals surface area contributed by atoms with Crippen molar-refractivity contribution in [3.05, 3.63) is 58.9 Å². The molecule has 0 bridgehead atoms. The van der Waals surface area contributed by atoms with Crippen molar-refractivity contribution in [2.24, 2.45) is 7.05 Å². The Kier molecular flexibility index (Phi) is 7.73. The number of halogens is 6. The number of aryl methyl sites for hydroxylation is 1. The molecular formula is C22H25F6N3O2. The van der Waals surface area contributed by atoms with E-state index in [4.69, 9.17) is 4.74 Å². The highest BCUT2D eigenvalue weighted by molar-refractivity contribution is 5.94. The van der Waals surface area contributed by atoms with Gasteiger partial charge in [0.15, 0.2) is 0 Å². The van der Waals surface area contributed by atoms with Gasteiger partial charge in [0.05, 0.1) is 30.9 Å². The molecule has 1 aliphatic heterocycles. The number of carbonyl (C=O) groups excluding carboxylic acids is 1. The minimum atomic E-state index is -5.02. The molecule has 2 heterocycles. The van der Waals surface area contributed by atoms with E-state index >= 15 is 0 Å². The Labute approximate surface area is 187 Å². The van der Waals surface area contributed by atoms with Crippen LogP contribution in [0.3, 0.4) is 0 Å². The summed E-state index contributed by atoms with van der Waals surface area (Å²) < 4.78 is 86.6. The first-order chi connectivity index (χ1) is 15.4. The molecule has 1 fully saturated rings. The molecule has 1 saturated heterocycles. The fraction of sp³-hybridized carbons (Fsp3) is 0.500. The molecule has 1 aromatic carbocycles. The zero-order chi connectivity index (χ0) is 24.2. The van der Waals surface area contributed by atoms with Crippen LogP contribution in [0.15, 0.2) is 36.5 Å². The zero-order valence-corrected chi connectivity index (χ0v) is 18.0. The predicted molar refractivity (Wildman–Crippen MR) is 108 cm³/mol. The van der Waals surface area contributed by atoms with Crippen LogP contribution < -0.4 is 0 Å². The predicted octanol–water partition coefficient (Wildman–Crippen LogP) is 4.43. The second-order valence-electron chi connectivity index (χ2n) is 7.94. The first kappa shape index (κ1) is 25.1. The van der Waals surface area contributed by atoms with Gasteiger partial charge in [-0.25, -0.2) is 0 Å². The van der Waals surface area contributed by atoms with Gasteiger partial charge in [0.25, 0.3) is 5.91 Å². The van der Waals surface area contributed by atoms with Gasteiger partial charge in [-0.2, -0.15) is 26.3 Å². The molecule has 182 valence electrons. The molecule has 0 aliphatic carbocycles. The van der Waals surface area contributed by atoms with Crippen LogP contribution in [0.25, 0.3) is 0 Å². The van der Waals surface area contributed by atoms with Gasteiger partial charge in [0, 0.05) is 50.7 Å². The lowest BCUT2D eigenvalue weighted by molar-refractivity contribution is -0.143. The average molecular weight is 477 g/mol. The second-order valence-corrected chi connectivity index (χ2v) is 7.94. The van der Waals surface area contributed by atoms with E-state index in [1.807, 2.05) is 0 Å². The Hall–Kier alpha value is -2.53. The van der Waals surface area contributed by atoms with E-state index in [2.05, 4.69) is 4.90 Å². The molecule has 2 aromatic rings.